The summed E-state index contributed by atoms with van der Waals surface area (Å²) in [6.07, 6.45) is 0. The van der Waals surface area contributed by atoms with Gasteiger partial charge in [0.25, 0.3) is 0 Å². The molecule has 0 amide bonds. The van der Waals surface area contributed by atoms with Crippen molar-refractivity contribution in [1.29, 1.82) is 0 Å². The maximum atomic E-state index is 5.41. The average Bonchev–Trinajstić information content (AvgIpc) is 3.03. The van der Waals surface area contributed by atoms with E-state index in [4.69, 9.17) is 9.97 Å². The summed E-state index contributed by atoms with van der Waals surface area (Å²) in [5.74, 6) is 0. The Hall–Kier alpha value is -5.08. The lowest BCUT2D eigenvalue weighted by Crippen LogP contribution is -1.97. The van der Waals surface area contributed by atoms with E-state index in [1.165, 1.54) is 44.5 Å². The van der Waals surface area contributed by atoms with Gasteiger partial charge < -0.3 is 0 Å². The molecule has 42 heavy (non-hydrogen) atoms. The first kappa shape index (κ1) is 25.9. The van der Waals surface area contributed by atoms with Crippen LogP contribution in [0, 0.1) is 27.7 Å². The molecule has 0 spiro atoms. The molecule has 2 aromatic heterocycles. The van der Waals surface area contributed by atoms with Gasteiger partial charge in [0.15, 0.2) is 0 Å². The molecule has 0 aliphatic heterocycles. The number of fused-ring (bicyclic) bond motifs is 3. The largest absolute Gasteiger partial charge is 0.245 e. The fraction of sp³-hybridized carbons (Fsp3) is 0.100. The molecule has 202 valence electrons. The predicted molar refractivity (Wildman–Crippen MR) is 178 cm³/mol. The Kier molecular flexibility index (Phi) is 6.40. The van der Waals surface area contributed by atoms with Gasteiger partial charge in [0.1, 0.15) is 0 Å². The number of nitrogens with zero attached hydrogens (tertiary/aromatic N) is 2. The highest BCUT2D eigenvalue weighted by Crippen LogP contribution is 2.40. The van der Waals surface area contributed by atoms with E-state index >= 15 is 0 Å². The van der Waals surface area contributed by atoms with Crippen molar-refractivity contribution in [2.24, 2.45) is 0 Å². The van der Waals surface area contributed by atoms with Crippen molar-refractivity contribution in [1.82, 2.24) is 9.97 Å². The molecule has 0 aliphatic rings. The van der Waals surface area contributed by atoms with Crippen molar-refractivity contribution in [2.45, 2.75) is 27.7 Å². The van der Waals surface area contributed by atoms with Gasteiger partial charge in [-0.05, 0) is 84.3 Å². The summed E-state index contributed by atoms with van der Waals surface area (Å²) in [6.45, 7) is 8.70. The number of aromatic nitrogens is 2. The lowest BCUT2D eigenvalue weighted by atomic mass is 9.92. The minimum Gasteiger partial charge on any atom is -0.245 e. The van der Waals surface area contributed by atoms with E-state index in [-0.39, 0.29) is 0 Å². The monoisotopic (exact) mass is 540 g/mol. The molecule has 0 radical (unpaired) electrons. The fourth-order valence-electron chi connectivity index (χ4n) is 6.02. The van der Waals surface area contributed by atoms with E-state index in [0.717, 1.165) is 44.3 Å². The number of aryl methyl sites for hydroxylation is 2. The quantitative estimate of drug-likeness (QED) is 0.208. The summed E-state index contributed by atoms with van der Waals surface area (Å²) in [4.78, 5) is 10.8. The number of benzene rings is 5. The van der Waals surface area contributed by atoms with Crippen LogP contribution in [-0.4, -0.2) is 9.97 Å². The summed E-state index contributed by atoms with van der Waals surface area (Å²) in [7, 11) is 0. The normalized spacial score (nSPS) is 11.3. The van der Waals surface area contributed by atoms with E-state index in [0.29, 0.717) is 0 Å². The Morgan fingerprint density at radius 2 is 0.786 bits per heavy atom. The third kappa shape index (κ3) is 4.37. The van der Waals surface area contributed by atoms with Crippen molar-refractivity contribution >= 4 is 21.8 Å². The van der Waals surface area contributed by atoms with Crippen molar-refractivity contribution in [3.05, 3.63) is 144 Å². The molecule has 0 N–H and O–H groups in total. The van der Waals surface area contributed by atoms with E-state index in [1.54, 1.807) is 0 Å². The molecule has 7 rings (SSSR count). The third-order valence-corrected chi connectivity index (χ3v) is 8.69. The second-order valence-corrected chi connectivity index (χ2v) is 11.2. The number of pyridine rings is 2. The van der Waals surface area contributed by atoms with Gasteiger partial charge in [-0.3, -0.25) is 0 Å². The lowest BCUT2D eigenvalue weighted by molar-refractivity contribution is 1.29. The number of hydrogen-bond acceptors (Lipinski definition) is 2. The zero-order valence-corrected chi connectivity index (χ0v) is 24.4. The van der Waals surface area contributed by atoms with Crippen molar-refractivity contribution in [3.63, 3.8) is 0 Å². The molecule has 2 nitrogen and oxygen atoms in total. The van der Waals surface area contributed by atoms with Gasteiger partial charge in [0.05, 0.1) is 22.4 Å². The summed E-state index contributed by atoms with van der Waals surface area (Å²) in [5, 5.41) is 2.21. The van der Waals surface area contributed by atoms with Crippen LogP contribution in [0.25, 0.3) is 66.6 Å². The third-order valence-electron chi connectivity index (χ3n) is 8.69. The Morgan fingerprint density at radius 3 is 1.19 bits per heavy atom. The Balaban J connectivity index is 1.64. The van der Waals surface area contributed by atoms with Gasteiger partial charge in [0, 0.05) is 21.9 Å². The van der Waals surface area contributed by atoms with Crippen LogP contribution in [-0.2, 0) is 0 Å². The molecule has 7 aromatic rings. The molecular weight excluding hydrogens is 508 g/mol. The summed E-state index contributed by atoms with van der Waals surface area (Å²) in [6, 6.07) is 43.2. The van der Waals surface area contributed by atoms with Gasteiger partial charge in [-0.1, -0.05) is 109 Å². The molecular formula is C40H32N2. The molecule has 0 saturated carbocycles. The molecule has 0 bridgehead atoms. The van der Waals surface area contributed by atoms with Crippen LogP contribution in [0.2, 0.25) is 0 Å². The molecule has 0 unspecified atom stereocenters. The van der Waals surface area contributed by atoms with Gasteiger partial charge in [-0.15, -0.1) is 0 Å². The Bertz CT molecular complexity index is 1960. The van der Waals surface area contributed by atoms with Gasteiger partial charge in [-0.2, -0.15) is 0 Å². The van der Waals surface area contributed by atoms with E-state index in [1.807, 2.05) is 0 Å². The predicted octanol–water partition coefficient (Wildman–Crippen LogP) is 10.7. The molecule has 5 aromatic carbocycles. The maximum Gasteiger partial charge on any atom is 0.0978 e. The first-order valence-electron chi connectivity index (χ1n) is 14.5. The average molecular weight is 541 g/mol. The first-order valence-corrected chi connectivity index (χ1v) is 14.5. The van der Waals surface area contributed by atoms with Crippen LogP contribution in [0.1, 0.15) is 22.3 Å². The number of rotatable bonds is 4. The minimum absolute atomic E-state index is 0.925. The smallest absolute Gasteiger partial charge is 0.0978 e. The summed E-state index contributed by atoms with van der Waals surface area (Å²) < 4.78 is 0. The second-order valence-electron chi connectivity index (χ2n) is 11.2. The Morgan fingerprint density at radius 1 is 0.381 bits per heavy atom. The zero-order chi connectivity index (χ0) is 28.8. The maximum absolute atomic E-state index is 5.41. The zero-order valence-electron chi connectivity index (χ0n) is 24.4. The van der Waals surface area contributed by atoms with Crippen LogP contribution in [0.4, 0.5) is 0 Å². The minimum atomic E-state index is 0.925. The van der Waals surface area contributed by atoms with E-state index in [2.05, 4.69) is 149 Å². The van der Waals surface area contributed by atoms with Crippen LogP contribution in [0.5, 0.6) is 0 Å². The molecule has 0 aliphatic carbocycles. The van der Waals surface area contributed by atoms with Crippen molar-refractivity contribution < 1.29 is 0 Å². The molecule has 2 heteroatoms. The molecule has 0 fully saturated rings. The fourth-order valence-corrected chi connectivity index (χ4v) is 6.02. The van der Waals surface area contributed by atoms with Crippen LogP contribution < -0.4 is 0 Å². The molecule has 0 saturated heterocycles. The van der Waals surface area contributed by atoms with Crippen molar-refractivity contribution in [3.8, 4) is 44.8 Å². The van der Waals surface area contributed by atoms with Gasteiger partial charge in [-0.25, -0.2) is 9.97 Å². The number of hydrogen-bond donors (Lipinski definition) is 0. The summed E-state index contributed by atoms with van der Waals surface area (Å²) >= 11 is 0. The Labute approximate surface area is 247 Å². The van der Waals surface area contributed by atoms with E-state index in [9.17, 15) is 0 Å². The van der Waals surface area contributed by atoms with E-state index < -0.39 is 0 Å². The standard InChI is InChI=1S/C40H32N2/c1-25-13-11-19-31(27(25)3)37-23-35(29-15-7-5-8-16-29)33-21-22-34-36(30-17-9-6-10-18-30)24-38(42-40(34)39(33)41-37)32-20-12-14-26(2)28(32)4/h5-24H,1-4H3. The molecule has 2 heterocycles. The highest BCUT2D eigenvalue weighted by molar-refractivity contribution is 6.13. The van der Waals surface area contributed by atoms with Crippen LogP contribution in [0.15, 0.2) is 121 Å². The van der Waals surface area contributed by atoms with Crippen molar-refractivity contribution in [2.75, 3.05) is 0 Å². The highest BCUT2D eigenvalue weighted by atomic mass is 14.8. The van der Waals surface area contributed by atoms with Gasteiger partial charge >= 0.3 is 0 Å². The molecule has 0 atom stereocenters. The SMILES string of the molecule is Cc1cccc(-c2cc(-c3ccccc3)c3ccc4c(-c5ccccc5)cc(-c5cccc(C)c5C)nc4c3n2)c1C. The van der Waals surface area contributed by atoms with Crippen LogP contribution >= 0.6 is 0 Å². The topological polar surface area (TPSA) is 25.8 Å². The highest BCUT2D eigenvalue weighted by Gasteiger charge is 2.18. The van der Waals surface area contributed by atoms with Gasteiger partial charge in [0.2, 0.25) is 0 Å². The lowest BCUT2D eigenvalue weighted by Gasteiger charge is -2.17. The first-order chi connectivity index (χ1) is 20.5. The van der Waals surface area contributed by atoms with Crippen LogP contribution in [0.3, 0.4) is 0 Å². The summed E-state index contributed by atoms with van der Waals surface area (Å²) in [5.41, 5.74) is 15.8. The second kappa shape index (κ2) is 10.4.